The number of fused-ring (bicyclic) bond motifs is 1. The molecule has 0 saturated heterocycles. The summed E-state index contributed by atoms with van der Waals surface area (Å²) in [6.07, 6.45) is 0.500. The van der Waals surface area contributed by atoms with Gasteiger partial charge in [-0.2, -0.15) is 0 Å². The average molecular weight is 359 g/mol. The number of hydrogen-bond acceptors (Lipinski definition) is 3. The van der Waals surface area contributed by atoms with Crippen molar-refractivity contribution in [3.05, 3.63) is 64.2 Å². The summed E-state index contributed by atoms with van der Waals surface area (Å²) in [5.74, 6) is 0.641. The van der Waals surface area contributed by atoms with Crippen LogP contribution in [-0.2, 0) is 6.42 Å². The molecule has 132 valence electrons. The normalized spacial score (nSPS) is 17.5. The minimum absolute atomic E-state index is 0.220. The minimum Gasteiger partial charge on any atom is -0.409 e. The first-order valence-corrected chi connectivity index (χ1v) is 8.78. The summed E-state index contributed by atoms with van der Waals surface area (Å²) in [4.78, 5) is 15.7. The largest absolute Gasteiger partial charge is 0.414 e. The maximum atomic E-state index is 11.9. The van der Waals surface area contributed by atoms with Gasteiger partial charge >= 0.3 is 6.09 Å². The van der Waals surface area contributed by atoms with Gasteiger partial charge in [-0.1, -0.05) is 41.9 Å². The van der Waals surface area contributed by atoms with Gasteiger partial charge in [-0.3, -0.25) is 0 Å². The van der Waals surface area contributed by atoms with Crippen LogP contribution in [0.1, 0.15) is 22.6 Å². The van der Waals surface area contributed by atoms with E-state index in [-0.39, 0.29) is 5.92 Å². The number of nitrogens with zero attached hydrogens (tertiary/aromatic N) is 2. The van der Waals surface area contributed by atoms with Gasteiger partial charge in [0.05, 0.1) is 5.02 Å². The molecule has 1 atom stereocenters. The van der Waals surface area contributed by atoms with Gasteiger partial charge < -0.3 is 14.5 Å². The maximum absolute atomic E-state index is 11.9. The Bertz CT molecular complexity index is 762. The lowest BCUT2D eigenvalue weighted by Crippen LogP contribution is -2.25. The third-order valence-corrected chi connectivity index (χ3v) is 4.89. The van der Waals surface area contributed by atoms with Gasteiger partial charge in [-0.15, -0.1) is 0 Å². The molecular formula is C20H23ClN2O2. The molecule has 1 aliphatic heterocycles. The molecule has 0 fully saturated rings. The molecule has 1 unspecified atom stereocenters. The lowest BCUT2D eigenvalue weighted by atomic mass is 9.88. The fraction of sp³-hybridized carbons (Fsp3) is 0.350. The van der Waals surface area contributed by atoms with Gasteiger partial charge in [-0.25, -0.2) is 4.79 Å². The summed E-state index contributed by atoms with van der Waals surface area (Å²) in [6.45, 7) is 1.89. The number of likely N-dealkylation sites (N-methyl/N-ethyl adjacent to an activating group) is 1. The van der Waals surface area contributed by atoms with E-state index in [9.17, 15) is 4.79 Å². The van der Waals surface area contributed by atoms with E-state index in [1.165, 1.54) is 21.6 Å². The van der Waals surface area contributed by atoms with Crippen molar-refractivity contribution in [1.29, 1.82) is 0 Å². The SMILES string of the molecule is CN1CCc2cc(Cl)c(OC(=O)N(C)C)cc2C(c2ccccc2)C1. The van der Waals surface area contributed by atoms with Gasteiger partial charge in [-0.05, 0) is 42.3 Å². The molecule has 3 rings (SSSR count). The van der Waals surface area contributed by atoms with Crippen molar-refractivity contribution in [2.45, 2.75) is 12.3 Å². The molecule has 25 heavy (non-hydrogen) atoms. The van der Waals surface area contributed by atoms with Gasteiger partial charge in [0.15, 0.2) is 5.75 Å². The molecule has 2 aromatic carbocycles. The number of hydrogen-bond donors (Lipinski definition) is 0. The summed E-state index contributed by atoms with van der Waals surface area (Å²) in [5.41, 5.74) is 3.65. The van der Waals surface area contributed by atoms with Crippen LogP contribution >= 0.6 is 11.6 Å². The Morgan fingerprint density at radius 2 is 1.96 bits per heavy atom. The highest BCUT2D eigenvalue weighted by molar-refractivity contribution is 6.32. The van der Waals surface area contributed by atoms with E-state index in [4.69, 9.17) is 16.3 Å². The van der Waals surface area contributed by atoms with Gasteiger partial charge in [0.2, 0.25) is 0 Å². The summed E-state index contributed by atoms with van der Waals surface area (Å²) in [5, 5.41) is 0.477. The number of rotatable bonds is 2. The van der Waals surface area contributed by atoms with Crippen molar-refractivity contribution in [1.82, 2.24) is 9.80 Å². The molecular weight excluding hydrogens is 336 g/mol. The molecule has 5 heteroatoms. The van der Waals surface area contributed by atoms with E-state index in [1.54, 1.807) is 14.1 Å². The van der Waals surface area contributed by atoms with E-state index < -0.39 is 6.09 Å². The van der Waals surface area contributed by atoms with E-state index in [1.807, 2.05) is 18.2 Å². The second kappa shape index (κ2) is 7.46. The Hall–Kier alpha value is -2.04. The van der Waals surface area contributed by atoms with Gasteiger partial charge in [0.1, 0.15) is 0 Å². The molecule has 0 N–H and O–H groups in total. The quantitative estimate of drug-likeness (QED) is 0.812. The molecule has 0 radical (unpaired) electrons. The number of carbonyl (C=O) groups is 1. The Labute approximate surface area is 154 Å². The highest BCUT2D eigenvalue weighted by Crippen LogP contribution is 2.37. The van der Waals surface area contributed by atoms with Crippen LogP contribution in [0.25, 0.3) is 0 Å². The Kier molecular flexibility index (Phi) is 5.30. The van der Waals surface area contributed by atoms with Gasteiger partial charge in [0, 0.05) is 33.1 Å². The standard InChI is InChI=1S/C20H23ClN2O2/c1-22(2)20(24)25-19-12-16-15(11-18(19)21)9-10-23(3)13-17(16)14-7-5-4-6-8-14/h4-8,11-12,17H,9-10,13H2,1-3H3. The zero-order chi connectivity index (χ0) is 18.0. The Morgan fingerprint density at radius 1 is 1.24 bits per heavy atom. The Balaban J connectivity index is 2.05. The maximum Gasteiger partial charge on any atom is 0.414 e. The molecule has 0 spiro atoms. The van der Waals surface area contributed by atoms with Crippen LogP contribution in [0.4, 0.5) is 4.79 Å². The van der Waals surface area contributed by atoms with Crippen LogP contribution in [0.2, 0.25) is 5.02 Å². The fourth-order valence-corrected chi connectivity index (χ4v) is 3.42. The predicted molar refractivity (Wildman–Crippen MR) is 101 cm³/mol. The van der Waals surface area contributed by atoms with Crippen molar-refractivity contribution in [2.75, 3.05) is 34.2 Å². The van der Waals surface area contributed by atoms with Crippen molar-refractivity contribution in [3.8, 4) is 5.75 Å². The molecule has 0 bridgehead atoms. The zero-order valence-electron chi connectivity index (χ0n) is 14.8. The smallest absolute Gasteiger partial charge is 0.409 e. The van der Waals surface area contributed by atoms with Crippen LogP contribution in [0.5, 0.6) is 5.75 Å². The monoisotopic (exact) mass is 358 g/mol. The van der Waals surface area contributed by atoms with E-state index in [2.05, 4.69) is 36.2 Å². The van der Waals surface area contributed by atoms with Crippen molar-refractivity contribution in [3.63, 3.8) is 0 Å². The molecule has 0 aliphatic carbocycles. The fourth-order valence-electron chi connectivity index (χ4n) is 3.20. The predicted octanol–water partition coefficient (Wildman–Crippen LogP) is 4.02. The minimum atomic E-state index is -0.427. The first kappa shape index (κ1) is 17.8. The van der Waals surface area contributed by atoms with Crippen molar-refractivity contribution < 1.29 is 9.53 Å². The van der Waals surface area contributed by atoms with Crippen LogP contribution in [0.15, 0.2) is 42.5 Å². The molecule has 1 aliphatic rings. The lowest BCUT2D eigenvalue weighted by molar-refractivity contribution is 0.172. The number of amides is 1. The van der Waals surface area contributed by atoms with E-state index in [0.29, 0.717) is 10.8 Å². The van der Waals surface area contributed by atoms with Crippen molar-refractivity contribution in [2.24, 2.45) is 0 Å². The molecule has 1 heterocycles. The summed E-state index contributed by atoms with van der Waals surface area (Å²) in [7, 11) is 5.44. The van der Waals surface area contributed by atoms with Gasteiger partial charge in [0.25, 0.3) is 0 Å². The highest BCUT2D eigenvalue weighted by Gasteiger charge is 2.25. The summed E-state index contributed by atoms with van der Waals surface area (Å²) >= 11 is 6.38. The van der Waals surface area contributed by atoms with Crippen LogP contribution in [0, 0.1) is 0 Å². The topological polar surface area (TPSA) is 32.8 Å². The van der Waals surface area contributed by atoms with Crippen LogP contribution in [-0.4, -0.2) is 50.1 Å². The summed E-state index contributed by atoms with van der Waals surface area (Å²) < 4.78 is 5.47. The molecule has 1 amide bonds. The summed E-state index contributed by atoms with van der Waals surface area (Å²) in [6, 6.07) is 14.3. The number of benzene rings is 2. The molecule has 0 aromatic heterocycles. The molecule has 2 aromatic rings. The Morgan fingerprint density at radius 3 is 2.64 bits per heavy atom. The molecule has 0 saturated carbocycles. The van der Waals surface area contributed by atoms with Crippen LogP contribution < -0.4 is 4.74 Å². The third-order valence-electron chi connectivity index (χ3n) is 4.59. The molecule has 4 nitrogen and oxygen atoms in total. The highest BCUT2D eigenvalue weighted by atomic mass is 35.5. The lowest BCUT2D eigenvalue weighted by Gasteiger charge is -2.23. The number of carbonyl (C=O) groups excluding carboxylic acids is 1. The first-order chi connectivity index (χ1) is 12.0. The van der Waals surface area contributed by atoms with Crippen molar-refractivity contribution >= 4 is 17.7 Å². The van der Waals surface area contributed by atoms with E-state index in [0.717, 1.165) is 19.5 Å². The van der Waals surface area contributed by atoms with Crippen LogP contribution in [0.3, 0.4) is 0 Å². The average Bonchev–Trinajstić information content (AvgIpc) is 2.75. The second-order valence-electron chi connectivity index (χ2n) is 6.72. The number of ether oxygens (including phenoxy) is 1. The van der Waals surface area contributed by atoms with E-state index >= 15 is 0 Å². The first-order valence-electron chi connectivity index (χ1n) is 8.40. The number of halogens is 1. The third kappa shape index (κ3) is 3.97. The second-order valence-corrected chi connectivity index (χ2v) is 7.13. The zero-order valence-corrected chi connectivity index (χ0v) is 15.6.